The van der Waals surface area contributed by atoms with E-state index in [0.29, 0.717) is 6.61 Å². The minimum atomic E-state index is -0.754. The molecule has 4 heteroatoms. The first-order valence-corrected chi connectivity index (χ1v) is 7.10. The SMILES string of the molecule is Cc1ccc(C)c(OCCCSC(C)C(=O)O)c1. The maximum absolute atomic E-state index is 10.6. The molecule has 0 aliphatic carbocycles. The predicted molar refractivity (Wildman–Crippen MR) is 75.6 cm³/mol. The summed E-state index contributed by atoms with van der Waals surface area (Å²) < 4.78 is 5.70. The summed E-state index contributed by atoms with van der Waals surface area (Å²) in [6, 6.07) is 6.14. The van der Waals surface area contributed by atoms with E-state index >= 15 is 0 Å². The van der Waals surface area contributed by atoms with E-state index < -0.39 is 5.97 Å². The van der Waals surface area contributed by atoms with Gasteiger partial charge in [0.1, 0.15) is 5.75 Å². The van der Waals surface area contributed by atoms with Crippen LogP contribution >= 0.6 is 11.8 Å². The van der Waals surface area contributed by atoms with Crippen molar-refractivity contribution in [2.24, 2.45) is 0 Å². The third-order valence-electron chi connectivity index (χ3n) is 2.61. The zero-order valence-electron chi connectivity index (χ0n) is 11.1. The molecule has 3 nitrogen and oxygen atoms in total. The number of carboxylic acids is 1. The van der Waals surface area contributed by atoms with Gasteiger partial charge < -0.3 is 9.84 Å². The number of hydrogen-bond donors (Lipinski definition) is 1. The molecule has 100 valence electrons. The first-order valence-electron chi connectivity index (χ1n) is 6.05. The number of thioether (sulfide) groups is 1. The molecule has 1 rings (SSSR count). The van der Waals surface area contributed by atoms with Crippen molar-refractivity contribution in [2.45, 2.75) is 32.4 Å². The van der Waals surface area contributed by atoms with Gasteiger partial charge in [0.15, 0.2) is 0 Å². The summed E-state index contributed by atoms with van der Waals surface area (Å²) in [5.41, 5.74) is 2.32. The van der Waals surface area contributed by atoms with Crippen molar-refractivity contribution in [1.82, 2.24) is 0 Å². The second kappa shape index (κ2) is 7.31. The number of ether oxygens (including phenoxy) is 1. The topological polar surface area (TPSA) is 46.5 Å². The molecular formula is C14H20O3S. The lowest BCUT2D eigenvalue weighted by atomic mass is 10.1. The van der Waals surface area contributed by atoms with Gasteiger partial charge in [-0.3, -0.25) is 4.79 Å². The van der Waals surface area contributed by atoms with Gasteiger partial charge in [-0.25, -0.2) is 0 Å². The van der Waals surface area contributed by atoms with Crippen molar-refractivity contribution in [3.63, 3.8) is 0 Å². The van der Waals surface area contributed by atoms with E-state index in [1.54, 1.807) is 6.92 Å². The summed E-state index contributed by atoms with van der Waals surface area (Å²) in [7, 11) is 0. The molecule has 0 bridgehead atoms. The fourth-order valence-corrected chi connectivity index (χ4v) is 2.22. The molecule has 1 N–H and O–H groups in total. The first-order chi connectivity index (χ1) is 8.50. The minimum absolute atomic E-state index is 0.342. The van der Waals surface area contributed by atoms with Gasteiger partial charge in [-0.15, -0.1) is 11.8 Å². The van der Waals surface area contributed by atoms with Crippen LogP contribution in [0.4, 0.5) is 0 Å². The van der Waals surface area contributed by atoms with Gasteiger partial charge in [-0.05, 0) is 50.1 Å². The average Bonchev–Trinajstić information content (AvgIpc) is 2.32. The van der Waals surface area contributed by atoms with Crippen molar-refractivity contribution < 1.29 is 14.6 Å². The van der Waals surface area contributed by atoms with Gasteiger partial charge in [0.25, 0.3) is 0 Å². The number of rotatable bonds is 7. The third kappa shape index (κ3) is 5.00. The lowest BCUT2D eigenvalue weighted by molar-refractivity contribution is -0.136. The molecule has 1 unspecified atom stereocenters. The van der Waals surface area contributed by atoms with Gasteiger partial charge >= 0.3 is 5.97 Å². The molecule has 0 aliphatic rings. The van der Waals surface area contributed by atoms with Crippen LogP contribution in [0.15, 0.2) is 18.2 Å². The Balaban J connectivity index is 2.26. The molecule has 0 amide bonds. The molecule has 0 aromatic heterocycles. The Morgan fingerprint density at radius 3 is 2.83 bits per heavy atom. The van der Waals surface area contributed by atoms with Crippen molar-refractivity contribution in [3.05, 3.63) is 29.3 Å². The summed E-state index contributed by atoms with van der Waals surface area (Å²) in [4.78, 5) is 10.6. The van der Waals surface area contributed by atoms with Crippen molar-refractivity contribution in [1.29, 1.82) is 0 Å². The van der Waals surface area contributed by atoms with Crippen molar-refractivity contribution in [3.8, 4) is 5.75 Å². The van der Waals surface area contributed by atoms with Gasteiger partial charge in [0.2, 0.25) is 0 Å². The molecule has 0 fully saturated rings. The van der Waals surface area contributed by atoms with Crippen LogP contribution in [0.2, 0.25) is 0 Å². The fourth-order valence-electron chi connectivity index (χ4n) is 1.44. The van der Waals surface area contributed by atoms with E-state index in [1.165, 1.54) is 17.3 Å². The zero-order valence-corrected chi connectivity index (χ0v) is 11.9. The lowest BCUT2D eigenvalue weighted by Crippen LogP contribution is -2.12. The van der Waals surface area contributed by atoms with E-state index in [4.69, 9.17) is 9.84 Å². The van der Waals surface area contributed by atoms with Crippen LogP contribution in [0, 0.1) is 13.8 Å². The standard InChI is InChI=1S/C14H20O3S/c1-10-5-6-11(2)13(9-10)17-7-4-8-18-12(3)14(15)16/h5-6,9,12H,4,7-8H2,1-3H3,(H,15,16). The Morgan fingerprint density at radius 2 is 2.17 bits per heavy atom. The lowest BCUT2D eigenvalue weighted by Gasteiger charge is -2.10. The summed E-state index contributed by atoms with van der Waals surface area (Å²) in [5, 5.41) is 8.39. The second-order valence-corrected chi connectivity index (χ2v) is 5.77. The van der Waals surface area contributed by atoms with Crippen LogP contribution in [-0.4, -0.2) is 28.7 Å². The smallest absolute Gasteiger partial charge is 0.316 e. The Hall–Kier alpha value is -1.16. The highest BCUT2D eigenvalue weighted by Gasteiger charge is 2.10. The predicted octanol–water partition coefficient (Wildman–Crippen LogP) is 3.28. The Kier molecular flexibility index (Phi) is 6.05. The van der Waals surface area contributed by atoms with Crippen molar-refractivity contribution in [2.75, 3.05) is 12.4 Å². The highest BCUT2D eigenvalue weighted by atomic mass is 32.2. The largest absolute Gasteiger partial charge is 0.493 e. The molecule has 1 atom stereocenters. The number of carbonyl (C=O) groups is 1. The van der Waals surface area contributed by atoms with Gasteiger partial charge in [-0.2, -0.15) is 0 Å². The van der Waals surface area contributed by atoms with Crippen molar-refractivity contribution >= 4 is 17.7 Å². The summed E-state index contributed by atoms with van der Waals surface area (Å²) in [6.45, 7) is 6.40. The highest BCUT2D eigenvalue weighted by Crippen LogP contribution is 2.19. The van der Waals surface area contributed by atoms with Crippen LogP contribution in [0.1, 0.15) is 24.5 Å². The van der Waals surface area contributed by atoms with E-state index in [1.807, 2.05) is 26.0 Å². The molecule has 0 radical (unpaired) electrons. The van der Waals surface area contributed by atoms with E-state index in [9.17, 15) is 4.79 Å². The van der Waals surface area contributed by atoms with Gasteiger partial charge in [0, 0.05) is 0 Å². The molecule has 1 aromatic carbocycles. The molecule has 0 saturated heterocycles. The van der Waals surface area contributed by atoms with Crippen LogP contribution in [-0.2, 0) is 4.79 Å². The molecular weight excluding hydrogens is 248 g/mol. The van der Waals surface area contributed by atoms with Crippen LogP contribution in [0.25, 0.3) is 0 Å². The molecule has 1 aromatic rings. The maximum atomic E-state index is 10.6. The van der Waals surface area contributed by atoms with E-state index in [0.717, 1.165) is 23.5 Å². The minimum Gasteiger partial charge on any atom is -0.493 e. The summed E-state index contributed by atoms with van der Waals surface area (Å²) in [6.07, 6.45) is 0.857. The Labute approximate surface area is 113 Å². The Morgan fingerprint density at radius 1 is 1.44 bits per heavy atom. The van der Waals surface area contributed by atoms with Gasteiger partial charge in [-0.1, -0.05) is 12.1 Å². The number of aryl methyl sites for hydroxylation is 2. The normalized spacial score (nSPS) is 12.2. The number of carboxylic acid groups (broad SMARTS) is 1. The zero-order chi connectivity index (χ0) is 13.5. The monoisotopic (exact) mass is 268 g/mol. The summed E-state index contributed by atoms with van der Waals surface area (Å²) in [5.74, 6) is 0.972. The number of aliphatic carboxylic acids is 1. The van der Waals surface area contributed by atoms with Gasteiger partial charge in [0.05, 0.1) is 11.9 Å². The van der Waals surface area contributed by atoms with Crippen LogP contribution < -0.4 is 4.74 Å². The first kappa shape index (κ1) is 14.9. The quantitative estimate of drug-likeness (QED) is 0.771. The maximum Gasteiger partial charge on any atom is 0.316 e. The molecule has 0 saturated carbocycles. The highest BCUT2D eigenvalue weighted by molar-refractivity contribution is 8.00. The second-order valence-electron chi connectivity index (χ2n) is 4.32. The van der Waals surface area contributed by atoms with E-state index in [2.05, 4.69) is 6.07 Å². The summed E-state index contributed by atoms with van der Waals surface area (Å²) >= 11 is 1.45. The van der Waals surface area contributed by atoms with E-state index in [-0.39, 0.29) is 5.25 Å². The Bertz CT molecular complexity index is 404. The fraction of sp³-hybridized carbons (Fsp3) is 0.500. The van der Waals surface area contributed by atoms with Crippen LogP contribution in [0.3, 0.4) is 0 Å². The average molecular weight is 268 g/mol. The van der Waals surface area contributed by atoms with Crippen LogP contribution in [0.5, 0.6) is 5.75 Å². The molecule has 0 heterocycles. The molecule has 18 heavy (non-hydrogen) atoms. The third-order valence-corrected chi connectivity index (χ3v) is 3.83. The number of benzene rings is 1. The molecule has 0 aliphatic heterocycles. The number of hydrogen-bond acceptors (Lipinski definition) is 3. The molecule has 0 spiro atoms.